The molecule has 1 N–H and O–H groups in total. The lowest BCUT2D eigenvalue weighted by Crippen LogP contribution is -2.49. The Hall–Kier alpha value is -2.24. The fraction of sp³-hybridized carbons (Fsp3) is 0.391. The number of benzene rings is 2. The molecule has 2 aromatic carbocycles. The number of nitrogens with one attached hydrogen (secondary N) is 1. The van der Waals surface area contributed by atoms with Gasteiger partial charge in [-0.2, -0.15) is 0 Å². The number of amides is 2. The highest BCUT2D eigenvalue weighted by molar-refractivity contribution is 6.42. The van der Waals surface area contributed by atoms with Crippen molar-refractivity contribution in [2.75, 3.05) is 13.7 Å². The minimum Gasteiger partial charge on any atom is -0.497 e. The van der Waals surface area contributed by atoms with Crippen LogP contribution in [0.4, 0.5) is 0 Å². The quantitative estimate of drug-likeness (QED) is 0.560. The van der Waals surface area contributed by atoms with E-state index in [4.69, 9.17) is 27.9 Å². The molecule has 1 unspecified atom stereocenters. The van der Waals surface area contributed by atoms with Crippen molar-refractivity contribution in [2.45, 2.75) is 45.7 Å². The van der Waals surface area contributed by atoms with Crippen LogP contribution in [0.3, 0.4) is 0 Å². The summed E-state index contributed by atoms with van der Waals surface area (Å²) < 4.78 is 5.29. The maximum Gasteiger partial charge on any atom is 0.242 e. The Morgan fingerprint density at radius 2 is 1.83 bits per heavy atom. The van der Waals surface area contributed by atoms with Gasteiger partial charge in [-0.15, -0.1) is 0 Å². The fourth-order valence-corrected chi connectivity index (χ4v) is 3.50. The molecule has 0 spiro atoms. The summed E-state index contributed by atoms with van der Waals surface area (Å²) in [7, 11) is 1.60. The van der Waals surface area contributed by atoms with Crippen LogP contribution in [0.1, 0.15) is 37.8 Å². The fourth-order valence-electron chi connectivity index (χ4n) is 3.18. The number of carbonyl (C=O) groups excluding carboxylic acids is 2. The minimum absolute atomic E-state index is 0.123. The van der Waals surface area contributed by atoms with Crippen LogP contribution in [0.2, 0.25) is 10.0 Å². The van der Waals surface area contributed by atoms with Gasteiger partial charge in [0.05, 0.1) is 23.6 Å². The van der Waals surface area contributed by atoms with E-state index in [0.717, 1.165) is 17.5 Å². The third-order valence-electron chi connectivity index (χ3n) is 4.76. The average molecular weight is 451 g/mol. The summed E-state index contributed by atoms with van der Waals surface area (Å²) in [6.07, 6.45) is 1.46. The van der Waals surface area contributed by atoms with Gasteiger partial charge in [0.1, 0.15) is 11.8 Å². The van der Waals surface area contributed by atoms with E-state index >= 15 is 0 Å². The van der Waals surface area contributed by atoms with Gasteiger partial charge in [-0.05, 0) is 48.2 Å². The van der Waals surface area contributed by atoms with Crippen molar-refractivity contribution in [1.29, 1.82) is 0 Å². The molecular weight excluding hydrogens is 423 g/mol. The van der Waals surface area contributed by atoms with Gasteiger partial charge in [0, 0.05) is 13.1 Å². The molecular formula is C23H28Cl2N2O3. The zero-order chi connectivity index (χ0) is 22.1. The molecule has 162 valence electrons. The lowest BCUT2D eigenvalue weighted by molar-refractivity contribution is -0.140. The van der Waals surface area contributed by atoms with Crippen LogP contribution in [-0.2, 0) is 22.6 Å². The van der Waals surface area contributed by atoms with Gasteiger partial charge in [0.25, 0.3) is 0 Å². The van der Waals surface area contributed by atoms with Crippen molar-refractivity contribution < 1.29 is 14.3 Å². The predicted octanol–water partition coefficient (Wildman–Crippen LogP) is 4.88. The molecule has 0 radical (unpaired) electrons. The number of hydrogen-bond donors (Lipinski definition) is 1. The Balaban J connectivity index is 2.30. The topological polar surface area (TPSA) is 58.6 Å². The van der Waals surface area contributed by atoms with Crippen LogP contribution >= 0.6 is 23.2 Å². The van der Waals surface area contributed by atoms with Crippen LogP contribution in [0.15, 0.2) is 42.5 Å². The van der Waals surface area contributed by atoms with E-state index in [2.05, 4.69) is 5.32 Å². The first kappa shape index (κ1) is 24.0. The number of ether oxygens (including phenoxy) is 1. The Morgan fingerprint density at radius 1 is 1.07 bits per heavy atom. The molecule has 7 heteroatoms. The van der Waals surface area contributed by atoms with Crippen LogP contribution < -0.4 is 10.1 Å². The third-order valence-corrected chi connectivity index (χ3v) is 5.50. The van der Waals surface area contributed by atoms with Gasteiger partial charge in [-0.3, -0.25) is 9.59 Å². The van der Waals surface area contributed by atoms with E-state index in [-0.39, 0.29) is 18.2 Å². The molecule has 2 rings (SSSR count). The first-order chi connectivity index (χ1) is 14.4. The van der Waals surface area contributed by atoms with Crippen LogP contribution in [0.5, 0.6) is 5.75 Å². The van der Waals surface area contributed by atoms with Gasteiger partial charge >= 0.3 is 0 Å². The van der Waals surface area contributed by atoms with Crippen molar-refractivity contribution in [1.82, 2.24) is 10.2 Å². The van der Waals surface area contributed by atoms with Crippen molar-refractivity contribution >= 4 is 35.0 Å². The zero-order valence-corrected chi connectivity index (χ0v) is 19.1. The SMILES string of the molecule is CCCNC(=O)C(CC)N(Cc1cccc(OC)c1)C(=O)Cc1ccc(Cl)c(Cl)c1. The highest BCUT2D eigenvalue weighted by Gasteiger charge is 2.28. The molecule has 30 heavy (non-hydrogen) atoms. The highest BCUT2D eigenvalue weighted by atomic mass is 35.5. The number of halogens is 2. The standard InChI is InChI=1S/C23H28Cl2N2O3/c1-4-11-26-23(29)21(5-2)27(15-17-7-6-8-18(12-17)30-3)22(28)14-16-9-10-19(24)20(25)13-16/h6-10,12-13,21H,4-5,11,14-15H2,1-3H3,(H,26,29). The number of rotatable bonds is 10. The molecule has 0 bridgehead atoms. The van der Waals surface area contributed by atoms with E-state index in [1.54, 1.807) is 30.2 Å². The van der Waals surface area contributed by atoms with Crippen molar-refractivity contribution in [2.24, 2.45) is 0 Å². The van der Waals surface area contributed by atoms with E-state index in [0.29, 0.717) is 35.3 Å². The summed E-state index contributed by atoms with van der Waals surface area (Å²) in [5, 5.41) is 3.75. The Kier molecular flexibility index (Phi) is 9.47. The second-order valence-electron chi connectivity index (χ2n) is 7.01. The Bertz CT molecular complexity index is 873. The maximum atomic E-state index is 13.3. The van der Waals surface area contributed by atoms with E-state index in [1.165, 1.54) is 0 Å². The van der Waals surface area contributed by atoms with Gasteiger partial charge in [0.2, 0.25) is 11.8 Å². The Morgan fingerprint density at radius 3 is 2.47 bits per heavy atom. The summed E-state index contributed by atoms with van der Waals surface area (Å²) >= 11 is 12.1. The second-order valence-corrected chi connectivity index (χ2v) is 7.83. The first-order valence-electron chi connectivity index (χ1n) is 10.0. The number of carbonyl (C=O) groups is 2. The van der Waals surface area contributed by atoms with Crippen LogP contribution in [0.25, 0.3) is 0 Å². The van der Waals surface area contributed by atoms with E-state index < -0.39 is 6.04 Å². The zero-order valence-electron chi connectivity index (χ0n) is 17.6. The van der Waals surface area contributed by atoms with E-state index in [1.807, 2.05) is 38.1 Å². The molecule has 2 amide bonds. The van der Waals surface area contributed by atoms with E-state index in [9.17, 15) is 9.59 Å². The molecule has 5 nitrogen and oxygen atoms in total. The van der Waals surface area contributed by atoms with Crippen molar-refractivity contribution in [3.63, 3.8) is 0 Å². The second kappa shape index (κ2) is 11.8. The van der Waals surface area contributed by atoms with Gasteiger partial charge in [-0.1, -0.05) is 55.2 Å². The summed E-state index contributed by atoms with van der Waals surface area (Å²) in [5.41, 5.74) is 1.63. The number of methoxy groups -OCH3 is 1. The first-order valence-corrected chi connectivity index (χ1v) is 10.8. The maximum absolute atomic E-state index is 13.3. The van der Waals surface area contributed by atoms with Crippen LogP contribution in [0, 0.1) is 0 Å². The number of nitrogens with zero attached hydrogens (tertiary/aromatic N) is 1. The lowest BCUT2D eigenvalue weighted by Gasteiger charge is -2.31. The molecule has 2 aromatic rings. The highest BCUT2D eigenvalue weighted by Crippen LogP contribution is 2.24. The minimum atomic E-state index is -0.571. The summed E-state index contributed by atoms with van der Waals surface area (Å²) in [5.74, 6) is 0.396. The molecule has 0 aliphatic heterocycles. The van der Waals surface area contributed by atoms with Gasteiger partial charge < -0.3 is 15.0 Å². The molecule has 0 heterocycles. The van der Waals surface area contributed by atoms with Crippen LogP contribution in [-0.4, -0.2) is 36.4 Å². The summed E-state index contributed by atoms with van der Waals surface area (Å²) in [6, 6.07) is 12.1. The van der Waals surface area contributed by atoms with Gasteiger partial charge in [0.15, 0.2) is 0 Å². The van der Waals surface area contributed by atoms with Gasteiger partial charge in [-0.25, -0.2) is 0 Å². The molecule has 0 aromatic heterocycles. The summed E-state index contributed by atoms with van der Waals surface area (Å²) in [6.45, 7) is 4.77. The smallest absolute Gasteiger partial charge is 0.242 e. The predicted molar refractivity (Wildman–Crippen MR) is 121 cm³/mol. The van der Waals surface area contributed by atoms with Crippen molar-refractivity contribution in [3.05, 3.63) is 63.6 Å². The molecule has 0 fully saturated rings. The third kappa shape index (κ3) is 6.64. The molecule has 0 saturated heterocycles. The largest absolute Gasteiger partial charge is 0.497 e. The Labute approximate surface area is 188 Å². The van der Waals surface area contributed by atoms with Crippen molar-refractivity contribution in [3.8, 4) is 5.75 Å². The average Bonchev–Trinajstić information content (AvgIpc) is 2.74. The lowest BCUT2D eigenvalue weighted by atomic mass is 10.1. The monoisotopic (exact) mass is 450 g/mol. The number of hydrogen-bond acceptors (Lipinski definition) is 3. The molecule has 0 aliphatic rings. The summed E-state index contributed by atoms with van der Waals surface area (Å²) in [4.78, 5) is 27.7. The molecule has 0 saturated carbocycles. The molecule has 1 atom stereocenters. The normalized spacial score (nSPS) is 11.6. The molecule has 0 aliphatic carbocycles.